The van der Waals surface area contributed by atoms with Crippen LogP contribution in [0.25, 0.3) is 0 Å². The molecule has 1 N–H and O–H groups in total. The van der Waals surface area contributed by atoms with Crippen molar-refractivity contribution in [3.05, 3.63) is 12.7 Å². The van der Waals surface area contributed by atoms with E-state index in [0.717, 1.165) is 0 Å². The SMILES string of the molecule is C=CCOC1C[C@@H](C(=O)O)N(C(=O)C(C)CS)C1. The van der Waals surface area contributed by atoms with E-state index in [1.165, 1.54) is 4.90 Å². The average Bonchev–Trinajstić information content (AvgIpc) is 2.78. The number of carboxylic acid groups (broad SMARTS) is 1. The van der Waals surface area contributed by atoms with Crippen LogP contribution < -0.4 is 0 Å². The fourth-order valence-electron chi connectivity index (χ4n) is 1.96. The fraction of sp³-hybridized carbons (Fsp3) is 0.667. The maximum Gasteiger partial charge on any atom is 0.326 e. The van der Waals surface area contributed by atoms with E-state index in [-0.39, 0.29) is 17.9 Å². The molecule has 0 saturated carbocycles. The molecule has 0 aromatic rings. The molecular weight excluding hydrogens is 254 g/mol. The maximum absolute atomic E-state index is 12.0. The standard InChI is InChI=1S/C12H19NO4S/c1-3-4-17-9-5-10(12(15)16)13(6-9)11(14)8(2)7-18/h3,8-10,18H,1,4-7H2,2H3,(H,15,16)/t8?,9?,10-/m0/s1. The Balaban J connectivity index is 2.72. The summed E-state index contributed by atoms with van der Waals surface area (Å²) in [5.41, 5.74) is 0. The number of carbonyl (C=O) groups excluding carboxylic acids is 1. The Bertz CT molecular complexity index is 334. The molecule has 1 amide bonds. The van der Waals surface area contributed by atoms with Crippen LogP contribution in [-0.4, -0.2) is 52.9 Å². The molecule has 0 spiro atoms. The van der Waals surface area contributed by atoms with Crippen molar-refractivity contribution in [2.45, 2.75) is 25.5 Å². The monoisotopic (exact) mass is 273 g/mol. The zero-order valence-corrected chi connectivity index (χ0v) is 11.3. The third-order valence-electron chi connectivity index (χ3n) is 2.98. The largest absolute Gasteiger partial charge is 0.480 e. The van der Waals surface area contributed by atoms with Gasteiger partial charge in [0.05, 0.1) is 12.7 Å². The first kappa shape index (κ1) is 15.0. The second kappa shape index (κ2) is 6.80. The van der Waals surface area contributed by atoms with Gasteiger partial charge in [0.25, 0.3) is 0 Å². The number of nitrogens with zero attached hydrogens (tertiary/aromatic N) is 1. The van der Waals surface area contributed by atoms with Crippen molar-refractivity contribution in [1.29, 1.82) is 0 Å². The van der Waals surface area contributed by atoms with Crippen molar-refractivity contribution in [1.82, 2.24) is 4.90 Å². The van der Waals surface area contributed by atoms with Crippen LogP contribution in [0.3, 0.4) is 0 Å². The summed E-state index contributed by atoms with van der Waals surface area (Å²) in [6, 6.07) is -0.797. The first-order chi connectivity index (χ1) is 8.51. The first-order valence-electron chi connectivity index (χ1n) is 5.87. The predicted octanol–water partition coefficient (Wildman–Crippen LogP) is 0.809. The van der Waals surface area contributed by atoms with E-state index in [9.17, 15) is 9.59 Å². The van der Waals surface area contributed by atoms with Crippen molar-refractivity contribution in [2.75, 3.05) is 18.9 Å². The minimum absolute atomic E-state index is 0.179. The molecule has 0 bridgehead atoms. The molecule has 5 nitrogen and oxygen atoms in total. The lowest BCUT2D eigenvalue weighted by Crippen LogP contribution is -2.43. The Morgan fingerprint density at radius 2 is 2.33 bits per heavy atom. The first-order valence-corrected chi connectivity index (χ1v) is 6.51. The Morgan fingerprint density at radius 3 is 2.83 bits per heavy atom. The number of carboxylic acids is 1. The Hall–Kier alpha value is -1.01. The van der Waals surface area contributed by atoms with Gasteiger partial charge in [-0.3, -0.25) is 4.79 Å². The van der Waals surface area contributed by atoms with Gasteiger partial charge in [0.1, 0.15) is 6.04 Å². The zero-order chi connectivity index (χ0) is 13.7. The topological polar surface area (TPSA) is 66.8 Å². The minimum atomic E-state index is -0.987. The number of thiol groups is 1. The van der Waals surface area contributed by atoms with E-state index in [4.69, 9.17) is 9.84 Å². The van der Waals surface area contributed by atoms with Gasteiger partial charge >= 0.3 is 5.97 Å². The van der Waals surface area contributed by atoms with E-state index in [2.05, 4.69) is 19.2 Å². The summed E-state index contributed by atoms with van der Waals surface area (Å²) in [7, 11) is 0. The van der Waals surface area contributed by atoms with E-state index >= 15 is 0 Å². The molecule has 0 radical (unpaired) electrons. The molecule has 18 heavy (non-hydrogen) atoms. The molecular formula is C12H19NO4S. The number of hydrogen-bond acceptors (Lipinski definition) is 4. The Morgan fingerprint density at radius 1 is 1.67 bits per heavy atom. The smallest absolute Gasteiger partial charge is 0.326 e. The summed E-state index contributed by atoms with van der Waals surface area (Å²) in [5, 5.41) is 9.14. The van der Waals surface area contributed by atoms with Crippen LogP contribution in [0.4, 0.5) is 0 Å². The van der Waals surface area contributed by atoms with E-state index in [1.807, 2.05) is 0 Å². The second-order valence-corrected chi connectivity index (χ2v) is 4.77. The number of likely N-dealkylation sites (tertiary alicyclic amines) is 1. The van der Waals surface area contributed by atoms with Gasteiger partial charge in [-0.15, -0.1) is 6.58 Å². The lowest BCUT2D eigenvalue weighted by atomic mass is 10.1. The highest BCUT2D eigenvalue weighted by Gasteiger charge is 2.40. The van der Waals surface area contributed by atoms with Crippen molar-refractivity contribution in [3.63, 3.8) is 0 Å². The molecule has 0 aromatic heterocycles. The highest BCUT2D eigenvalue weighted by Crippen LogP contribution is 2.23. The molecule has 1 aliphatic rings. The molecule has 1 aliphatic heterocycles. The molecule has 2 unspecified atom stereocenters. The Kier molecular flexibility index (Phi) is 5.68. The molecule has 1 heterocycles. The highest BCUT2D eigenvalue weighted by molar-refractivity contribution is 7.80. The number of aliphatic carboxylic acids is 1. The fourth-order valence-corrected chi connectivity index (χ4v) is 2.12. The number of rotatable bonds is 6. The summed E-state index contributed by atoms with van der Waals surface area (Å²) in [6.45, 7) is 5.97. The van der Waals surface area contributed by atoms with Gasteiger partial charge in [0, 0.05) is 24.6 Å². The molecule has 1 rings (SSSR count). The van der Waals surface area contributed by atoms with Gasteiger partial charge in [-0.05, 0) is 0 Å². The highest BCUT2D eigenvalue weighted by atomic mass is 32.1. The molecule has 6 heteroatoms. The maximum atomic E-state index is 12.0. The van der Waals surface area contributed by atoms with Gasteiger partial charge in [-0.25, -0.2) is 4.79 Å². The normalized spacial score (nSPS) is 24.9. The molecule has 0 aromatic carbocycles. The number of ether oxygens (including phenoxy) is 1. The van der Waals surface area contributed by atoms with Crippen LogP contribution in [-0.2, 0) is 14.3 Å². The van der Waals surface area contributed by atoms with Gasteiger partial charge in [0.15, 0.2) is 0 Å². The summed E-state index contributed by atoms with van der Waals surface area (Å²) in [5.74, 6) is -1.05. The summed E-state index contributed by atoms with van der Waals surface area (Å²) in [6.07, 6.45) is 1.70. The van der Waals surface area contributed by atoms with Gasteiger partial charge in [-0.2, -0.15) is 12.6 Å². The number of hydrogen-bond donors (Lipinski definition) is 2. The van der Waals surface area contributed by atoms with Crippen molar-refractivity contribution >= 4 is 24.5 Å². The number of amides is 1. The van der Waals surface area contributed by atoms with Crippen LogP contribution in [0, 0.1) is 5.92 Å². The van der Waals surface area contributed by atoms with Gasteiger partial charge in [0.2, 0.25) is 5.91 Å². The van der Waals surface area contributed by atoms with E-state index in [1.54, 1.807) is 13.0 Å². The van der Waals surface area contributed by atoms with Crippen LogP contribution >= 0.6 is 12.6 Å². The molecule has 3 atom stereocenters. The molecule has 0 aliphatic carbocycles. The second-order valence-electron chi connectivity index (χ2n) is 4.41. The lowest BCUT2D eigenvalue weighted by Gasteiger charge is -2.24. The Labute approximate surface area is 112 Å². The number of carbonyl (C=O) groups is 2. The van der Waals surface area contributed by atoms with Crippen LogP contribution in [0.2, 0.25) is 0 Å². The van der Waals surface area contributed by atoms with E-state index in [0.29, 0.717) is 25.3 Å². The quantitative estimate of drug-likeness (QED) is 0.555. The summed E-state index contributed by atoms with van der Waals surface area (Å²) >= 11 is 4.07. The third-order valence-corrected chi connectivity index (χ3v) is 3.52. The predicted molar refractivity (Wildman–Crippen MR) is 70.7 cm³/mol. The summed E-state index contributed by atoms with van der Waals surface area (Å²) in [4.78, 5) is 24.6. The minimum Gasteiger partial charge on any atom is -0.480 e. The van der Waals surface area contributed by atoms with Crippen LogP contribution in [0.1, 0.15) is 13.3 Å². The van der Waals surface area contributed by atoms with Crippen molar-refractivity contribution in [3.8, 4) is 0 Å². The third kappa shape index (κ3) is 3.49. The van der Waals surface area contributed by atoms with Gasteiger partial charge < -0.3 is 14.7 Å². The summed E-state index contributed by atoms with van der Waals surface area (Å²) < 4.78 is 5.43. The molecule has 102 valence electrons. The van der Waals surface area contributed by atoms with Crippen molar-refractivity contribution < 1.29 is 19.4 Å². The molecule has 1 fully saturated rings. The average molecular weight is 273 g/mol. The zero-order valence-electron chi connectivity index (χ0n) is 10.4. The van der Waals surface area contributed by atoms with E-state index < -0.39 is 12.0 Å². The van der Waals surface area contributed by atoms with Crippen LogP contribution in [0.5, 0.6) is 0 Å². The van der Waals surface area contributed by atoms with Gasteiger partial charge in [-0.1, -0.05) is 13.0 Å². The molecule has 1 saturated heterocycles. The van der Waals surface area contributed by atoms with Crippen LogP contribution in [0.15, 0.2) is 12.7 Å². The van der Waals surface area contributed by atoms with Crippen molar-refractivity contribution in [2.24, 2.45) is 5.92 Å². The lowest BCUT2D eigenvalue weighted by molar-refractivity contribution is -0.149.